The molecule has 0 heterocycles. The highest BCUT2D eigenvalue weighted by Crippen LogP contribution is 2.28. The smallest absolute Gasteiger partial charge is 0.254 e. The number of anilines is 1. The first-order valence-corrected chi connectivity index (χ1v) is 10.00. The second kappa shape index (κ2) is 10.2. The molecule has 0 radical (unpaired) electrons. The quantitative estimate of drug-likeness (QED) is 0.610. The fraction of sp³-hybridized carbons (Fsp3) is 0.250. The summed E-state index contributed by atoms with van der Waals surface area (Å²) in [6.45, 7) is 2.39. The number of carbonyl (C=O) groups excluding carboxylic acids is 1. The van der Waals surface area contributed by atoms with Crippen LogP contribution in [0.5, 0.6) is 0 Å². The summed E-state index contributed by atoms with van der Waals surface area (Å²) in [6, 6.07) is 12.1. The average molecular weight is 393 g/mol. The van der Waals surface area contributed by atoms with E-state index in [-0.39, 0.29) is 11.6 Å². The molecule has 0 saturated carbocycles. The molecule has 0 saturated heterocycles. The summed E-state index contributed by atoms with van der Waals surface area (Å²) in [4.78, 5) is 12.1. The Bertz CT molecular complexity index is 782. The van der Waals surface area contributed by atoms with Gasteiger partial charge in [-0.2, -0.15) is 0 Å². The third-order valence-electron chi connectivity index (χ3n) is 3.86. The summed E-state index contributed by atoms with van der Waals surface area (Å²) in [5.74, 6) is -0.992. The van der Waals surface area contributed by atoms with Crippen molar-refractivity contribution in [3.63, 3.8) is 0 Å². The second-order valence-corrected chi connectivity index (χ2v) is 6.79. The van der Waals surface area contributed by atoms with Crippen molar-refractivity contribution in [2.75, 3.05) is 18.1 Å². The monoisotopic (exact) mass is 392 g/mol. The van der Waals surface area contributed by atoms with E-state index < -0.39 is 11.7 Å². The Kier molecular flexibility index (Phi) is 8.01. The van der Waals surface area contributed by atoms with E-state index in [0.717, 1.165) is 12.0 Å². The minimum Gasteiger partial charge on any atom is -0.378 e. The molecule has 1 amide bonds. The first-order valence-electron chi connectivity index (χ1n) is 8.33. The van der Waals surface area contributed by atoms with E-state index in [9.17, 15) is 9.18 Å². The highest BCUT2D eigenvalue weighted by Gasteiger charge is 2.15. The standard InChI is InChI=1S/C20H22ClFN2OS/c1-3-19(15-7-4-5-8-17(15)21)24-14-9-10-16(18(22)13-14)20(25)23-11-6-12-26-2/h4-10,12-13,19,24H,3,11H2,1-2H3,(H,23,25)/b12-6+. The van der Waals surface area contributed by atoms with E-state index in [0.29, 0.717) is 17.3 Å². The molecule has 0 bridgehead atoms. The number of rotatable bonds is 8. The van der Waals surface area contributed by atoms with Gasteiger partial charge in [-0.3, -0.25) is 4.79 Å². The molecule has 138 valence electrons. The molecular weight excluding hydrogens is 371 g/mol. The molecule has 2 rings (SSSR count). The van der Waals surface area contributed by atoms with Gasteiger partial charge in [0.2, 0.25) is 0 Å². The summed E-state index contributed by atoms with van der Waals surface area (Å²) in [6.07, 6.45) is 4.52. The summed E-state index contributed by atoms with van der Waals surface area (Å²) in [5, 5.41) is 8.48. The van der Waals surface area contributed by atoms with Gasteiger partial charge in [0.15, 0.2) is 0 Å². The second-order valence-electron chi connectivity index (χ2n) is 5.64. The van der Waals surface area contributed by atoms with E-state index in [2.05, 4.69) is 10.6 Å². The maximum atomic E-state index is 14.4. The molecular formula is C20H22ClFN2OS. The third kappa shape index (κ3) is 5.51. The largest absolute Gasteiger partial charge is 0.378 e. The van der Waals surface area contributed by atoms with Crippen molar-refractivity contribution in [3.8, 4) is 0 Å². The first-order chi connectivity index (χ1) is 12.6. The Morgan fingerprint density at radius 1 is 1.31 bits per heavy atom. The highest BCUT2D eigenvalue weighted by molar-refractivity contribution is 8.01. The zero-order chi connectivity index (χ0) is 18.9. The number of nitrogens with one attached hydrogen (secondary N) is 2. The topological polar surface area (TPSA) is 41.1 Å². The normalized spacial score (nSPS) is 12.2. The predicted molar refractivity (Wildman–Crippen MR) is 109 cm³/mol. The van der Waals surface area contributed by atoms with Crippen LogP contribution in [-0.4, -0.2) is 18.7 Å². The van der Waals surface area contributed by atoms with Gasteiger partial charge in [-0.25, -0.2) is 4.39 Å². The van der Waals surface area contributed by atoms with Crippen LogP contribution >= 0.6 is 23.4 Å². The van der Waals surface area contributed by atoms with Crippen LogP contribution in [0.15, 0.2) is 53.9 Å². The summed E-state index contributed by atoms with van der Waals surface area (Å²) in [5.41, 5.74) is 1.59. The molecule has 0 aromatic heterocycles. The van der Waals surface area contributed by atoms with Crippen molar-refractivity contribution in [1.82, 2.24) is 5.32 Å². The Labute approximate surface area is 163 Å². The first kappa shape index (κ1) is 20.3. The van der Waals surface area contributed by atoms with Crippen molar-refractivity contribution in [2.24, 2.45) is 0 Å². The van der Waals surface area contributed by atoms with E-state index in [1.165, 1.54) is 23.9 Å². The van der Waals surface area contributed by atoms with E-state index in [1.807, 2.05) is 48.9 Å². The maximum absolute atomic E-state index is 14.4. The lowest BCUT2D eigenvalue weighted by Crippen LogP contribution is -2.24. The van der Waals surface area contributed by atoms with Gasteiger partial charge < -0.3 is 10.6 Å². The van der Waals surface area contributed by atoms with Crippen LogP contribution in [0.25, 0.3) is 0 Å². The number of carbonyl (C=O) groups is 1. The predicted octanol–water partition coefficient (Wildman–Crippen LogP) is 5.65. The number of hydrogen-bond acceptors (Lipinski definition) is 3. The molecule has 2 aromatic rings. The van der Waals surface area contributed by atoms with Gasteiger partial charge in [-0.1, -0.05) is 42.8 Å². The number of thioether (sulfide) groups is 1. The molecule has 2 N–H and O–H groups in total. The van der Waals surface area contributed by atoms with Crippen molar-refractivity contribution in [3.05, 3.63) is 75.9 Å². The molecule has 0 aliphatic rings. The molecule has 0 aliphatic heterocycles. The van der Waals surface area contributed by atoms with Gasteiger partial charge in [0, 0.05) is 17.3 Å². The maximum Gasteiger partial charge on any atom is 0.254 e. The zero-order valence-electron chi connectivity index (χ0n) is 14.8. The molecule has 0 aliphatic carbocycles. The van der Waals surface area contributed by atoms with E-state index >= 15 is 0 Å². The van der Waals surface area contributed by atoms with E-state index in [4.69, 9.17) is 11.6 Å². The van der Waals surface area contributed by atoms with Gasteiger partial charge in [0.05, 0.1) is 11.6 Å². The van der Waals surface area contributed by atoms with Crippen molar-refractivity contribution < 1.29 is 9.18 Å². The fourth-order valence-electron chi connectivity index (χ4n) is 2.54. The van der Waals surface area contributed by atoms with Gasteiger partial charge in [0.1, 0.15) is 5.82 Å². The number of benzene rings is 2. The summed E-state index contributed by atoms with van der Waals surface area (Å²) in [7, 11) is 0. The van der Waals surface area contributed by atoms with Gasteiger partial charge in [-0.15, -0.1) is 11.8 Å². The molecule has 1 atom stereocenters. The highest BCUT2D eigenvalue weighted by atomic mass is 35.5. The Morgan fingerprint density at radius 3 is 2.73 bits per heavy atom. The van der Waals surface area contributed by atoms with Crippen molar-refractivity contribution in [1.29, 1.82) is 0 Å². The Morgan fingerprint density at radius 2 is 2.08 bits per heavy atom. The van der Waals surface area contributed by atoms with Gasteiger partial charge in [-0.05, 0) is 47.9 Å². The number of amides is 1. The molecule has 3 nitrogen and oxygen atoms in total. The Hall–Kier alpha value is -1.98. The van der Waals surface area contributed by atoms with Crippen molar-refractivity contribution in [2.45, 2.75) is 19.4 Å². The number of halogens is 2. The molecule has 0 spiro atoms. The lowest BCUT2D eigenvalue weighted by Gasteiger charge is -2.20. The number of hydrogen-bond donors (Lipinski definition) is 2. The molecule has 6 heteroatoms. The minimum atomic E-state index is -0.560. The van der Waals surface area contributed by atoms with Gasteiger partial charge in [0.25, 0.3) is 5.91 Å². The lowest BCUT2D eigenvalue weighted by atomic mass is 10.0. The molecule has 26 heavy (non-hydrogen) atoms. The van der Waals surface area contributed by atoms with Crippen LogP contribution in [-0.2, 0) is 0 Å². The Balaban J connectivity index is 2.09. The molecule has 2 aromatic carbocycles. The summed E-state index contributed by atoms with van der Waals surface area (Å²) >= 11 is 7.80. The van der Waals surface area contributed by atoms with E-state index in [1.54, 1.807) is 6.07 Å². The molecule has 0 fully saturated rings. The van der Waals surface area contributed by atoms with Crippen LogP contribution in [0.1, 0.15) is 35.3 Å². The average Bonchev–Trinajstić information content (AvgIpc) is 2.64. The SMILES string of the molecule is CCC(Nc1ccc(C(=O)NC/C=C/SC)c(F)c1)c1ccccc1Cl. The van der Waals surface area contributed by atoms with Crippen LogP contribution in [0.2, 0.25) is 5.02 Å². The van der Waals surface area contributed by atoms with Crippen LogP contribution in [0.4, 0.5) is 10.1 Å². The third-order valence-corrected chi connectivity index (χ3v) is 4.67. The van der Waals surface area contributed by atoms with Crippen LogP contribution in [0, 0.1) is 5.82 Å². The van der Waals surface area contributed by atoms with Crippen LogP contribution < -0.4 is 10.6 Å². The van der Waals surface area contributed by atoms with Crippen LogP contribution in [0.3, 0.4) is 0 Å². The fourth-order valence-corrected chi connectivity index (χ4v) is 3.09. The van der Waals surface area contributed by atoms with Crippen molar-refractivity contribution >= 4 is 35.0 Å². The lowest BCUT2D eigenvalue weighted by molar-refractivity contribution is 0.0954. The minimum absolute atomic E-state index is 0.0268. The molecule has 1 unspecified atom stereocenters. The zero-order valence-corrected chi connectivity index (χ0v) is 16.3. The van der Waals surface area contributed by atoms with Gasteiger partial charge >= 0.3 is 0 Å². The summed E-state index contributed by atoms with van der Waals surface area (Å²) < 4.78 is 14.4.